The zero-order valence-electron chi connectivity index (χ0n) is 12.5. The van der Waals surface area contributed by atoms with Gasteiger partial charge in [0.05, 0.1) is 0 Å². The second-order valence-corrected chi connectivity index (χ2v) is 6.46. The Labute approximate surface area is 120 Å². The molecule has 2 fully saturated rings. The van der Waals surface area contributed by atoms with Crippen LogP contribution in [0.25, 0.3) is 0 Å². The zero-order chi connectivity index (χ0) is 14.7. The van der Waals surface area contributed by atoms with Crippen molar-refractivity contribution < 1.29 is 14.7 Å². The van der Waals surface area contributed by atoms with E-state index in [-0.39, 0.29) is 11.9 Å². The van der Waals surface area contributed by atoms with Crippen LogP contribution in [0.1, 0.15) is 52.4 Å². The number of rotatable bonds is 4. The number of urea groups is 1. The minimum Gasteiger partial charge on any atom is -0.480 e. The SMILES string of the molecule is CC(C)C(NC(=O)N1CCCC1C1CCCC1)C(=O)O. The highest BCUT2D eigenvalue weighted by Crippen LogP contribution is 2.35. The number of hydrogen-bond acceptors (Lipinski definition) is 2. The van der Waals surface area contributed by atoms with E-state index >= 15 is 0 Å². The molecule has 1 saturated heterocycles. The highest BCUT2D eigenvalue weighted by atomic mass is 16.4. The van der Waals surface area contributed by atoms with E-state index in [0.29, 0.717) is 12.0 Å². The molecule has 1 aliphatic heterocycles. The Morgan fingerprint density at radius 2 is 1.80 bits per heavy atom. The number of hydrogen-bond donors (Lipinski definition) is 2. The van der Waals surface area contributed by atoms with Crippen LogP contribution in [0.5, 0.6) is 0 Å². The van der Waals surface area contributed by atoms with Gasteiger partial charge in [-0.05, 0) is 37.5 Å². The molecule has 2 rings (SSSR count). The average molecular weight is 282 g/mol. The van der Waals surface area contributed by atoms with Crippen LogP contribution >= 0.6 is 0 Å². The summed E-state index contributed by atoms with van der Waals surface area (Å²) in [6, 6.07) is -0.674. The lowest BCUT2D eigenvalue weighted by molar-refractivity contribution is -0.140. The van der Waals surface area contributed by atoms with Crippen LogP contribution in [0.4, 0.5) is 4.79 Å². The second kappa shape index (κ2) is 6.46. The number of carbonyl (C=O) groups is 2. The molecule has 5 nitrogen and oxygen atoms in total. The van der Waals surface area contributed by atoms with Gasteiger partial charge in [-0.25, -0.2) is 9.59 Å². The molecule has 2 N–H and O–H groups in total. The van der Waals surface area contributed by atoms with Crippen LogP contribution in [0.2, 0.25) is 0 Å². The van der Waals surface area contributed by atoms with Gasteiger partial charge in [0, 0.05) is 12.6 Å². The van der Waals surface area contributed by atoms with E-state index in [0.717, 1.165) is 19.4 Å². The Kier molecular flexibility index (Phi) is 4.89. The Morgan fingerprint density at radius 1 is 1.15 bits per heavy atom. The van der Waals surface area contributed by atoms with Crippen molar-refractivity contribution in [3.63, 3.8) is 0 Å². The van der Waals surface area contributed by atoms with Crippen molar-refractivity contribution >= 4 is 12.0 Å². The lowest BCUT2D eigenvalue weighted by atomic mass is 9.96. The van der Waals surface area contributed by atoms with Crippen LogP contribution in [0.15, 0.2) is 0 Å². The van der Waals surface area contributed by atoms with Gasteiger partial charge in [0.25, 0.3) is 0 Å². The number of carboxylic acids is 1. The van der Waals surface area contributed by atoms with Gasteiger partial charge >= 0.3 is 12.0 Å². The van der Waals surface area contributed by atoms with Gasteiger partial charge in [-0.1, -0.05) is 26.7 Å². The van der Waals surface area contributed by atoms with E-state index in [1.165, 1.54) is 25.7 Å². The predicted octanol–water partition coefficient (Wildman–Crippen LogP) is 2.46. The van der Waals surface area contributed by atoms with E-state index in [1.54, 1.807) is 0 Å². The third-order valence-electron chi connectivity index (χ3n) is 4.72. The molecular weight excluding hydrogens is 256 g/mol. The standard InChI is InChI=1S/C15H26N2O3/c1-10(2)13(14(18)19)16-15(20)17-9-5-8-12(17)11-6-3-4-7-11/h10-13H,3-9H2,1-2H3,(H,16,20)(H,18,19). The van der Waals surface area contributed by atoms with Crippen molar-refractivity contribution in [1.29, 1.82) is 0 Å². The molecule has 0 bridgehead atoms. The van der Waals surface area contributed by atoms with Gasteiger partial charge in [0.15, 0.2) is 0 Å². The van der Waals surface area contributed by atoms with Gasteiger partial charge in [0.1, 0.15) is 6.04 Å². The molecular formula is C15H26N2O3. The maximum atomic E-state index is 12.4. The van der Waals surface area contributed by atoms with Crippen molar-refractivity contribution in [2.75, 3.05) is 6.54 Å². The molecule has 1 heterocycles. The molecule has 0 spiro atoms. The fourth-order valence-corrected chi connectivity index (χ4v) is 3.61. The molecule has 2 amide bonds. The molecule has 0 aromatic heterocycles. The van der Waals surface area contributed by atoms with E-state index in [2.05, 4.69) is 5.32 Å². The predicted molar refractivity (Wildman–Crippen MR) is 76.5 cm³/mol. The number of nitrogens with one attached hydrogen (secondary N) is 1. The van der Waals surface area contributed by atoms with Crippen molar-refractivity contribution in [2.45, 2.75) is 64.5 Å². The molecule has 20 heavy (non-hydrogen) atoms. The zero-order valence-corrected chi connectivity index (χ0v) is 12.5. The van der Waals surface area contributed by atoms with Gasteiger partial charge in [-0.2, -0.15) is 0 Å². The van der Waals surface area contributed by atoms with Crippen LogP contribution in [-0.2, 0) is 4.79 Å². The lowest BCUT2D eigenvalue weighted by Crippen LogP contribution is -2.52. The number of nitrogens with zero attached hydrogens (tertiary/aromatic N) is 1. The third kappa shape index (κ3) is 3.25. The monoisotopic (exact) mass is 282 g/mol. The van der Waals surface area contributed by atoms with Crippen molar-refractivity contribution in [1.82, 2.24) is 10.2 Å². The Morgan fingerprint density at radius 3 is 2.35 bits per heavy atom. The summed E-state index contributed by atoms with van der Waals surface area (Å²) in [6.45, 7) is 4.40. The quantitative estimate of drug-likeness (QED) is 0.832. The Bertz CT molecular complexity index is 364. The first-order valence-electron chi connectivity index (χ1n) is 7.80. The highest BCUT2D eigenvalue weighted by molar-refractivity contribution is 5.83. The molecule has 5 heteroatoms. The summed E-state index contributed by atoms with van der Waals surface area (Å²) < 4.78 is 0. The molecule has 2 atom stereocenters. The minimum atomic E-state index is -0.954. The number of aliphatic carboxylic acids is 1. The fourth-order valence-electron chi connectivity index (χ4n) is 3.61. The summed E-state index contributed by atoms with van der Waals surface area (Å²) >= 11 is 0. The minimum absolute atomic E-state index is 0.107. The summed E-state index contributed by atoms with van der Waals surface area (Å²) in [6.07, 6.45) is 7.05. The van der Waals surface area contributed by atoms with Crippen molar-refractivity contribution in [3.05, 3.63) is 0 Å². The summed E-state index contributed by atoms with van der Waals surface area (Å²) in [5.74, 6) is -0.445. The summed E-state index contributed by atoms with van der Waals surface area (Å²) in [5.41, 5.74) is 0. The van der Waals surface area contributed by atoms with E-state index < -0.39 is 12.0 Å². The average Bonchev–Trinajstić information content (AvgIpc) is 3.03. The molecule has 2 unspecified atom stereocenters. The fraction of sp³-hybridized carbons (Fsp3) is 0.867. The summed E-state index contributed by atoms with van der Waals surface area (Å²) in [4.78, 5) is 25.5. The van der Waals surface area contributed by atoms with Crippen molar-refractivity contribution in [3.8, 4) is 0 Å². The first-order valence-corrected chi connectivity index (χ1v) is 7.80. The van der Waals surface area contributed by atoms with Crippen molar-refractivity contribution in [2.24, 2.45) is 11.8 Å². The number of carbonyl (C=O) groups excluding carboxylic acids is 1. The Hall–Kier alpha value is -1.26. The van der Waals surface area contributed by atoms with Crippen LogP contribution < -0.4 is 5.32 Å². The number of likely N-dealkylation sites (tertiary alicyclic amines) is 1. The van der Waals surface area contributed by atoms with Gasteiger partial charge in [-0.3, -0.25) is 0 Å². The van der Waals surface area contributed by atoms with Gasteiger partial charge in [-0.15, -0.1) is 0 Å². The Balaban J connectivity index is 1.98. The molecule has 0 aromatic carbocycles. The van der Waals surface area contributed by atoms with E-state index in [9.17, 15) is 14.7 Å². The maximum Gasteiger partial charge on any atom is 0.326 e. The molecule has 114 valence electrons. The normalized spacial score (nSPS) is 25.1. The molecule has 1 aliphatic carbocycles. The van der Waals surface area contributed by atoms with E-state index in [4.69, 9.17) is 0 Å². The van der Waals surface area contributed by atoms with Crippen LogP contribution in [0.3, 0.4) is 0 Å². The van der Waals surface area contributed by atoms with Crippen LogP contribution in [0, 0.1) is 11.8 Å². The smallest absolute Gasteiger partial charge is 0.326 e. The first kappa shape index (κ1) is 15.1. The topological polar surface area (TPSA) is 69.6 Å². The second-order valence-electron chi connectivity index (χ2n) is 6.46. The summed E-state index contributed by atoms with van der Waals surface area (Å²) in [7, 11) is 0. The van der Waals surface area contributed by atoms with E-state index in [1.807, 2.05) is 18.7 Å². The number of amides is 2. The first-order chi connectivity index (χ1) is 9.50. The van der Waals surface area contributed by atoms with Gasteiger partial charge < -0.3 is 15.3 Å². The van der Waals surface area contributed by atoms with Crippen LogP contribution in [-0.4, -0.2) is 40.6 Å². The lowest BCUT2D eigenvalue weighted by Gasteiger charge is -2.31. The van der Waals surface area contributed by atoms with Gasteiger partial charge in [0.2, 0.25) is 0 Å². The highest BCUT2D eigenvalue weighted by Gasteiger charge is 2.37. The third-order valence-corrected chi connectivity index (χ3v) is 4.72. The maximum absolute atomic E-state index is 12.4. The summed E-state index contributed by atoms with van der Waals surface area (Å²) in [5, 5.41) is 11.9. The largest absolute Gasteiger partial charge is 0.480 e. The number of carboxylic acid groups (broad SMARTS) is 1. The molecule has 0 radical (unpaired) electrons. The molecule has 0 aromatic rings. The molecule has 2 aliphatic rings. The molecule has 1 saturated carbocycles.